The van der Waals surface area contributed by atoms with Crippen LogP contribution >= 0.6 is 11.6 Å². The molecular formula is C25H20ClFN4O5. The molecule has 4 aromatic rings. The first kappa shape index (κ1) is 25.0. The van der Waals surface area contributed by atoms with Gasteiger partial charge in [-0.05, 0) is 54.4 Å². The molecule has 3 N–H and O–H groups in total. The van der Waals surface area contributed by atoms with E-state index in [4.69, 9.17) is 11.6 Å². The van der Waals surface area contributed by atoms with Gasteiger partial charge in [-0.25, -0.2) is 9.07 Å². The van der Waals surface area contributed by atoms with E-state index in [1.54, 1.807) is 24.3 Å². The smallest absolute Gasteiger partial charge is 0.309 e. The van der Waals surface area contributed by atoms with Crippen molar-refractivity contribution in [2.45, 2.75) is 19.1 Å². The number of aromatic nitrogens is 3. The molecule has 4 rings (SSSR count). The van der Waals surface area contributed by atoms with E-state index < -0.39 is 35.3 Å². The first-order chi connectivity index (χ1) is 17.2. The summed E-state index contributed by atoms with van der Waals surface area (Å²) in [5, 5.41) is 31.1. The van der Waals surface area contributed by atoms with Gasteiger partial charge in [0.1, 0.15) is 11.3 Å². The predicted octanol–water partition coefficient (Wildman–Crippen LogP) is 3.66. The molecule has 1 heterocycles. The molecule has 2 atom stereocenters. The molecular weight excluding hydrogens is 491 g/mol. The van der Waals surface area contributed by atoms with Crippen molar-refractivity contribution in [2.75, 3.05) is 5.32 Å². The van der Waals surface area contributed by atoms with Crippen LogP contribution in [-0.2, 0) is 11.3 Å². The largest absolute Gasteiger partial charge is 0.481 e. The van der Waals surface area contributed by atoms with E-state index in [0.29, 0.717) is 22.2 Å². The maximum Gasteiger partial charge on any atom is 0.309 e. The molecule has 0 saturated carbocycles. The molecule has 0 saturated heterocycles. The van der Waals surface area contributed by atoms with Crippen molar-refractivity contribution in [3.05, 3.63) is 99.1 Å². The number of carbonyl (C=O) groups is 2. The molecule has 0 aliphatic carbocycles. The number of hydrogen-bond acceptors (Lipinski definition) is 6. The molecule has 0 fully saturated rings. The van der Waals surface area contributed by atoms with Crippen LogP contribution in [0.3, 0.4) is 0 Å². The maximum atomic E-state index is 13.3. The van der Waals surface area contributed by atoms with Crippen molar-refractivity contribution in [1.29, 1.82) is 0 Å². The van der Waals surface area contributed by atoms with Gasteiger partial charge in [-0.1, -0.05) is 41.1 Å². The number of aliphatic hydroxyl groups is 1. The molecule has 0 unspecified atom stereocenters. The number of benzene rings is 3. The topological polar surface area (TPSA) is 134 Å². The lowest BCUT2D eigenvalue weighted by atomic mass is 9.92. The highest BCUT2D eigenvalue weighted by Crippen LogP contribution is 2.27. The normalized spacial score (nSPS) is 12.8. The summed E-state index contributed by atoms with van der Waals surface area (Å²) in [5.41, 5.74) is 0.872. The van der Waals surface area contributed by atoms with Crippen molar-refractivity contribution >= 4 is 40.1 Å². The Morgan fingerprint density at radius 3 is 2.50 bits per heavy atom. The number of hydrogen-bond donors (Lipinski definition) is 3. The van der Waals surface area contributed by atoms with Gasteiger partial charge in [-0.15, -0.1) is 5.10 Å². The zero-order chi connectivity index (χ0) is 25.8. The summed E-state index contributed by atoms with van der Waals surface area (Å²) < 4.78 is 14.4. The minimum atomic E-state index is -1.38. The Kier molecular flexibility index (Phi) is 7.37. The first-order valence-corrected chi connectivity index (χ1v) is 11.2. The summed E-state index contributed by atoms with van der Waals surface area (Å²) in [7, 11) is 0. The molecule has 0 bridgehead atoms. The third-order valence-electron chi connectivity index (χ3n) is 5.67. The fourth-order valence-electron chi connectivity index (χ4n) is 3.68. The fourth-order valence-corrected chi connectivity index (χ4v) is 3.86. The Bertz CT molecular complexity index is 1490. The van der Waals surface area contributed by atoms with Gasteiger partial charge in [0.25, 0.3) is 11.5 Å². The van der Waals surface area contributed by atoms with E-state index in [9.17, 15) is 29.0 Å². The molecule has 3 aromatic carbocycles. The lowest BCUT2D eigenvalue weighted by Crippen LogP contribution is -2.29. The lowest BCUT2D eigenvalue weighted by Gasteiger charge is -2.20. The number of anilines is 1. The molecule has 1 aromatic heterocycles. The number of carbonyl (C=O) groups excluding carboxylic acids is 1. The lowest BCUT2D eigenvalue weighted by molar-refractivity contribution is -0.146. The first-order valence-electron chi connectivity index (χ1n) is 10.8. The van der Waals surface area contributed by atoms with Crippen LogP contribution in [0.25, 0.3) is 10.9 Å². The minimum Gasteiger partial charge on any atom is -0.481 e. The summed E-state index contributed by atoms with van der Waals surface area (Å²) in [6.07, 6.45) is -1.46. The van der Waals surface area contributed by atoms with Crippen molar-refractivity contribution in [3.63, 3.8) is 0 Å². The summed E-state index contributed by atoms with van der Waals surface area (Å²) in [6.45, 7) is -0.0565. The number of carboxylic acids is 1. The van der Waals surface area contributed by atoms with Gasteiger partial charge in [0.05, 0.1) is 22.4 Å². The van der Waals surface area contributed by atoms with Crippen LogP contribution in [0.4, 0.5) is 10.1 Å². The van der Waals surface area contributed by atoms with Crippen LogP contribution < -0.4 is 10.9 Å². The second kappa shape index (κ2) is 10.6. The highest BCUT2D eigenvalue weighted by Gasteiger charge is 2.28. The number of aliphatic carboxylic acids is 1. The summed E-state index contributed by atoms with van der Waals surface area (Å²) in [6, 6.07) is 16.2. The van der Waals surface area contributed by atoms with E-state index in [1.807, 2.05) is 0 Å². The molecule has 0 aliphatic rings. The van der Waals surface area contributed by atoms with Crippen LogP contribution in [0.5, 0.6) is 0 Å². The molecule has 0 radical (unpaired) electrons. The van der Waals surface area contributed by atoms with Gasteiger partial charge < -0.3 is 15.5 Å². The summed E-state index contributed by atoms with van der Waals surface area (Å²) in [4.78, 5) is 36.8. The average molecular weight is 511 g/mol. The average Bonchev–Trinajstić information content (AvgIpc) is 2.87. The highest BCUT2D eigenvalue weighted by molar-refractivity contribution is 6.31. The van der Waals surface area contributed by atoms with Crippen molar-refractivity contribution in [2.24, 2.45) is 5.92 Å². The number of halogens is 2. The maximum absolute atomic E-state index is 13.3. The van der Waals surface area contributed by atoms with Crippen LogP contribution in [0.2, 0.25) is 5.02 Å². The van der Waals surface area contributed by atoms with Crippen LogP contribution in [0, 0.1) is 11.7 Å². The van der Waals surface area contributed by atoms with Crippen molar-refractivity contribution < 1.29 is 24.2 Å². The number of aryl methyl sites for hydroxylation is 1. The Morgan fingerprint density at radius 2 is 1.81 bits per heavy atom. The molecule has 9 nitrogen and oxygen atoms in total. The SMILES string of the molecule is O=C(Nc1ccc([C@@H](O)[C@H](CCn2nnc3ccccc3c2=O)C(=O)O)cc1)c1ccc(F)c(Cl)c1. The number of fused-ring (bicyclic) bond motifs is 1. The predicted molar refractivity (Wildman–Crippen MR) is 130 cm³/mol. The van der Waals surface area contributed by atoms with Crippen LogP contribution in [0.1, 0.15) is 28.4 Å². The van der Waals surface area contributed by atoms with Crippen molar-refractivity contribution in [3.8, 4) is 0 Å². The second-order valence-corrected chi connectivity index (χ2v) is 8.43. The number of carboxylic acid groups (broad SMARTS) is 1. The fraction of sp³-hybridized carbons (Fsp3) is 0.160. The minimum absolute atomic E-state index is 0.0565. The Hall–Kier alpha value is -4.15. The molecule has 0 spiro atoms. The molecule has 0 aliphatic heterocycles. The van der Waals surface area contributed by atoms with Gasteiger partial charge >= 0.3 is 5.97 Å². The third kappa shape index (κ3) is 5.40. The molecule has 1 amide bonds. The molecule has 36 heavy (non-hydrogen) atoms. The van der Waals surface area contributed by atoms with Gasteiger partial charge in [0.15, 0.2) is 0 Å². The monoisotopic (exact) mass is 510 g/mol. The van der Waals surface area contributed by atoms with Gasteiger partial charge in [-0.2, -0.15) is 0 Å². The summed E-state index contributed by atoms with van der Waals surface area (Å²) in [5.74, 6) is -3.63. The van der Waals surface area contributed by atoms with Gasteiger partial charge in [0, 0.05) is 17.8 Å². The number of amides is 1. The van der Waals surface area contributed by atoms with E-state index in [1.165, 1.54) is 36.4 Å². The Morgan fingerprint density at radius 1 is 1.08 bits per heavy atom. The number of rotatable bonds is 8. The van der Waals surface area contributed by atoms with E-state index in [2.05, 4.69) is 15.6 Å². The third-order valence-corrected chi connectivity index (χ3v) is 5.96. The standard InChI is InChI=1S/C25H20ClFN4O5/c26-19-13-15(7-10-20(19)27)23(33)28-16-8-5-14(6-9-16)22(32)18(25(35)36)11-12-31-24(34)17-3-1-2-4-21(17)29-30-31/h1-10,13,18,22,32H,11-12H2,(H,28,33)(H,35,36)/t18-,22+/m0/s1. The Balaban J connectivity index is 1.44. The van der Waals surface area contributed by atoms with Gasteiger partial charge in [-0.3, -0.25) is 14.4 Å². The number of nitrogens with one attached hydrogen (secondary N) is 1. The van der Waals surface area contributed by atoms with Crippen LogP contribution in [-0.4, -0.2) is 37.1 Å². The molecule has 184 valence electrons. The van der Waals surface area contributed by atoms with Crippen molar-refractivity contribution in [1.82, 2.24) is 15.0 Å². The Labute approximate surface area is 208 Å². The number of nitrogens with zero attached hydrogens (tertiary/aromatic N) is 3. The van der Waals surface area contributed by atoms with Gasteiger partial charge in [0.2, 0.25) is 0 Å². The zero-order valence-electron chi connectivity index (χ0n) is 18.6. The van der Waals surface area contributed by atoms with E-state index in [0.717, 1.165) is 10.7 Å². The summed E-state index contributed by atoms with van der Waals surface area (Å²) >= 11 is 5.71. The van der Waals surface area contributed by atoms with E-state index >= 15 is 0 Å². The molecule has 11 heteroatoms. The highest BCUT2D eigenvalue weighted by atomic mass is 35.5. The number of aliphatic hydroxyl groups excluding tert-OH is 1. The van der Waals surface area contributed by atoms with Crippen LogP contribution in [0.15, 0.2) is 71.5 Å². The second-order valence-electron chi connectivity index (χ2n) is 8.02. The quantitative estimate of drug-likeness (QED) is 0.329. The van der Waals surface area contributed by atoms with E-state index in [-0.39, 0.29) is 23.6 Å². The zero-order valence-corrected chi connectivity index (χ0v) is 19.4.